The van der Waals surface area contributed by atoms with Crippen LogP contribution in [0, 0.1) is 11.5 Å². The molecule has 0 aromatic heterocycles. The molecule has 20 heavy (non-hydrogen) atoms. The van der Waals surface area contributed by atoms with Gasteiger partial charge in [0.25, 0.3) is 5.92 Å². The number of rotatable bonds is 7. The summed E-state index contributed by atoms with van der Waals surface area (Å²) in [5.41, 5.74) is 3.12. The Hall–Kier alpha value is -0.533. The summed E-state index contributed by atoms with van der Waals surface area (Å²) in [7, 11) is -6.32. The second-order valence-electron chi connectivity index (χ2n) is 5.58. The second kappa shape index (κ2) is 7.47. The monoisotopic (exact) mass is 329 g/mol. The zero-order valence-corrected chi connectivity index (χ0v) is 13.9. The Morgan fingerprint density at radius 1 is 1.40 bits per heavy atom. The highest BCUT2D eigenvalue weighted by Crippen LogP contribution is 2.14. The van der Waals surface area contributed by atoms with Gasteiger partial charge < -0.3 is 5.32 Å². The van der Waals surface area contributed by atoms with E-state index >= 15 is 0 Å². The van der Waals surface area contributed by atoms with Gasteiger partial charge in [-0.3, -0.25) is 4.55 Å². The molecule has 0 aliphatic heterocycles. The summed E-state index contributed by atoms with van der Waals surface area (Å²) in [6, 6.07) is -0.254. The van der Waals surface area contributed by atoms with Gasteiger partial charge in [-0.25, -0.2) is 13.0 Å². The van der Waals surface area contributed by atoms with Crippen molar-refractivity contribution in [2.45, 2.75) is 44.9 Å². The summed E-state index contributed by atoms with van der Waals surface area (Å²) in [6.07, 6.45) is 0.430. The third-order valence-corrected chi connectivity index (χ3v) is 3.34. The van der Waals surface area contributed by atoms with E-state index in [1.807, 2.05) is 0 Å². The van der Waals surface area contributed by atoms with Crippen LogP contribution < -0.4 is 5.32 Å². The molecule has 2 N–H and O–H groups in total. The van der Waals surface area contributed by atoms with E-state index in [9.17, 15) is 17.2 Å². The molecule has 0 heterocycles. The third kappa shape index (κ3) is 12.5. The van der Waals surface area contributed by atoms with Crippen molar-refractivity contribution in [3.63, 3.8) is 0 Å². The zero-order valence-electron chi connectivity index (χ0n) is 12.0. The first-order valence-electron chi connectivity index (χ1n) is 6.04. The van der Waals surface area contributed by atoms with Crippen LogP contribution in [0.3, 0.4) is 0 Å². The topological polar surface area (TPSA) is 75.6 Å². The van der Waals surface area contributed by atoms with Gasteiger partial charge in [-0.1, -0.05) is 19.6 Å². The van der Waals surface area contributed by atoms with Gasteiger partial charge in [0.2, 0.25) is 0 Å². The number of halogens is 2. The predicted molar refractivity (Wildman–Crippen MR) is 75.7 cm³/mol. The lowest BCUT2D eigenvalue weighted by molar-refractivity contribution is -0.0414. The minimum atomic E-state index is -4.85. The molecule has 1 unspecified atom stereocenters. The predicted octanol–water partition coefficient (Wildman–Crippen LogP) is 1.69. The fraction of sp³-hybridized carbons (Fsp3) is 0.818. The summed E-state index contributed by atoms with van der Waals surface area (Å²) in [6.45, 7) is 5.81. The molecule has 0 fully saturated rings. The molecule has 0 aromatic carbocycles. The van der Waals surface area contributed by atoms with Crippen LogP contribution in [0.15, 0.2) is 0 Å². The number of nitrogens with one attached hydrogen (secondary N) is 1. The summed E-state index contributed by atoms with van der Waals surface area (Å²) in [5.74, 6) is -0.438. The van der Waals surface area contributed by atoms with E-state index < -0.39 is 37.5 Å². The first-order valence-corrected chi connectivity index (χ1v) is 10.9. The summed E-state index contributed by atoms with van der Waals surface area (Å²) in [5, 5.41) is 2.55. The molecular formula is C11H21F2NO4SSi. The third-order valence-electron chi connectivity index (χ3n) is 2.00. The average molecular weight is 329 g/mol. The Labute approximate surface area is 120 Å². The minimum absolute atomic E-state index is 0.254. The van der Waals surface area contributed by atoms with Crippen molar-refractivity contribution in [3.8, 4) is 11.5 Å². The van der Waals surface area contributed by atoms with Crippen LogP contribution in [0.4, 0.5) is 8.78 Å². The van der Waals surface area contributed by atoms with Crippen molar-refractivity contribution in [1.82, 2.24) is 5.32 Å². The lowest BCUT2D eigenvalue weighted by Crippen LogP contribution is -2.41. The molecule has 1 atom stereocenters. The molecule has 0 aliphatic carbocycles. The fourth-order valence-electron chi connectivity index (χ4n) is 1.08. The van der Waals surface area contributed by atoms with Gasteiger partial charge in [0.15, 0.2) is 0 Å². The first-order chi connectivity index (χ1) is 8.81. The van der Waals surface area contributed by atoms with Gasteiger partial charge in [0.1, 0.15) is 14.7 Å². The molecule has 0 aliphatic rings. The molecule has 0 rings (SSSR count). The summed E-state index contributed by atoms with van der Waals surface area (Å²) < 4.78 is 58.8. The van der Waals surface area contributed by atoms with E-state index in [0.29, 0.717) is 6.42 Å². The number of hydrogen-bond donors (Lipinski definition) is 2. The smallest absolute Gasteiger partial charge is 0.308 e. The number of hydrogen-bond acceptors (Lipinski definition) is 4. The molecule has 0 aromatic rings. The van der Waals surface area contributed by atoms with Crippen LogP contribution in [0.2, 0.25) is 19.6 Å². The highest BCUT2D eigenvalue weighted by molar-refractivity contribution is 7.80. The van der Waals surface area contributed by atoms with Crippen molar-refractivity contribution in [1.29, 1.82) is 0 Å². The zero-order chi connectivity index (χ0) is 16.0. The molecule has 0 radical (unpaired) electrons. The van der Waals surface area contributed by atoms with Crippen molar-refractivity contribution < 1.29 is 25.9 Å². The Morgan fingerprint density at radius 3 is 2.40 bits per heavy atom. The van der Waals surface area contributed by atoms with Gasteiger partial charge in [0, 0.05) is 12.5 Å². The van der Waals surface area contributed by atoms with Gasteiger partial charge in [-0.15, -0.1) is 11.5 Å². The quantitative estimate of drug-likeness (QED) is 0.422. The Balaban J connectivity index is 4.15. The van der Waals surface area contributed by atoms with Crippen molar-refractivity contribution in [3.05, 3.63) is 0 Å². The molecule has 0 saturated carbocycles. The average Bonchev–Trinajstić information content (AvgIpc) is 2.21. The van der Waals surface area contributed by atoms with Crippen molar-refractivity contribution >= 4 is 18.5 Å². The lowest BCUT2D eigenvalue weighted by atomic mass is 10.2. The van der Waals surface area contributed by atoms with Gasteiger partial charge >= 0.3 is 10.4 Å². The largest absolute Gasteiger partial charge is 0.397 e. The minimum Gasteiger partial charge on any atom is -0.308 e. The molecule has 0 spiro atoms. The molecule has 9 heteroatoms. The molecule has 0 bridgehead atoms. The number of alkyl halides is 2. The maximum Gasteiger partial charge on any atom is 0.397 e. The van der Waals surface area contributed by atoms with Crippen LogP contribution in [0.5, 0.6) is 0 Å². The van der Waals surface area contributed by atoms with Crippen LogP contribution in [-0.4, -0.2) is 46.2 Å². The van der Waals surface area contributed by atoms with Crippen molar-refractivity contribution in [2.75, 3.05) is 13.2 Å². The van der Waals surface area contributed by atoms with E-state index in [2.05, 4.69) is 40.6 Å². The van der Waals surface area contributed by atoms with Gasteiger partial charge in [0.05, 0.1) is 6.54 Å². The van der Waals surface area contributed by atoms with E-state index in [0.717, 1.165) is 0 Å². The summed E-state index contributed by atoms with van der Waals surface area (Å²) in [4.78, 5) is 0. The van der Waals surface area contributed by atoms with E-state index in [4.69, 9.17) is 4.55 Å². The SMILES string of the molecule is CC(CC#C[Si](C)(C)C)NCC(F)(F)COS(=O)(=O)O. The Bertz CT molecular complexity index is 465. The summed E-state index contributed by atoms with van der Waals surface area (Å²) >= 11 is 0. The van der Waals surface area contributed by atoms with Crippen molar-refractivity contribution in [2.24, 2.45) is 0 Å². The highest BCUT2D eigenvalue weighted by atomic mass is 32.3. The fourth-order valence-corrected chi connectivity index (χ4v) is 2.03. The molecular weight excluding hydrogens is 308 g/mol. The normalized spacial score (nSPS) is 14.6. The molecule has 0 amide bonds. The van der Waals surface area contributed by atoms with E-state index in [1.165, 1.54) is 0 Å². The maximum atomic E-state index is 13.2. The first kappa shape index (κ1) is 19.5. The van der Waals surface area contributed by atoms with Crippen LogP contribution in [0.25, 0.3) is 0 Å². The Morgan fingerprint density at radius 2 is 1.95 bits per heavy atom. The van der Waals surface area contributed by atoms with E-state index in [1.54, 1.807) is 6.92 Å². The highest BCUT2D eigenvalue weighted by Gasteiger charge is 2.31. The Kier molecular flexibility index (Phi) is 7.27. The van der Waals surface area contributed by atoms with E-state index in [-0.39, 0.29) is 6.04 Å². The van der Waals surface area contributed by atoms with Crippen LogP contribution in [-0.2, 0) is 14.6 Å². The van der Waals surface area contributed by atoms with Crippen LogP contribution in [0.1, 0.15) is 13.3 Å². The molecule has 118 valence electrons. The van der Waals surface area contributed by atoms with Gasteiger partial charge in [-0.05, 0) is 6.92 Å². The van der Waals surface area contributed by atoms with Crippen LogP contribution >= 0.6 is 0 Å². The lowest BCUT2D eigenvalue weighted by Gasteiger charge is -2.18. The maximum absolute atomic E-state index is 13.2. The molecule has 0 saturated heterocycles. The van der Waals surface area contributed by atoms with Gasteiger partial charge in [-0.2, -0.15) is 8.42 Å². The second-order valence-corrected chi connectivity index (χ2v) is 11.4. The molecule has 5 nitrogen and oxygen atoms in total. The standard InChI is InChI=1S/C11H21F2NO4SSi/c1-10(6-5-7-20(2,3)4)14-8-11(12,13)9-18-19(15,16)17/h10,14H,6,8-9H2,1-4H3,(H,15,16,17).